The van der Waals surface area contributed by atoms with E-state index in [9.17, 15) is 9.59 Å². The Balaban J connectivity index is 2.01. The second kappa shape index (κ2) is 8.39. The van der Waals surface area contributed by atoms with Crippen molar-refractivity contribution < 1.29 is 9.59 Å². The van der Waals surface area contributed by atoms with E-state index in [1.54, 1.807) is 25.1 Å². The lowest BCUT2D eigenvalue weighted by Crippen LogP contribution is -2.25. The van der Waals surface area contributed by atoms with Crippen molar-refractivity contribution in [2.24, 2.45) is 0 Å². The minimum absolute atomic E-state index is 0.0227. The first kappa shape index (κ1) is 17.1. The van der Waals surface area contributed by atoms with E-state index in [2.05, 4.69) is 5.32 Å². The molecular formula is C18H20N2O2S. The predicted octanol–water partition coefficient (Wildman–Crippen LogP) is 2.80. The number of hydrogen-bond acceptors (Lipinski definition) is 3. The maximum absolute atomic E-state index is 12.4. The molecule has 0 atom stereocenters. The summed E-state index contributed by atoms with van der Waals surface area (Å²) in [5.74, 6) is 0.208. The highest BCUT2D eigenvalue weighted by atomic mass is 32.2. The molecule has 4 nitrogen and oxygen atoms in total. The Bertz CT molecular complexity index is 672. The first-order valence-electron chi connectivity index (χ1n) is 7.32. The highest BCUT2D eigenvalue weighted by Gasteiger charge is 2.13. The van der Waals surface area contributed by atoms with Crippen molar-refractivity contribution in [3.05, 3.63) is 65.7 Å². The molecule has 23 heavy (non-hydrogen) atoms. The highest BCUT2D eigenvalue weighted by molar-refractivity contribution is 8.00. The van der Waals surface area contributed by atoms with Crippen LogP contribution in [0.5, 0.6) is 0 Å². The van der Waals surface area contributed by atoms with E-state index >= 15 is 0 Å². The van der Waals surface area contributed by atoms with Crippen LogP contribution in [0.3, 0.4) is 0 Å². The number of carbonyl (C=O) groups is 2. The van der Waals surface area contributed by atoms with Crippen LogP contribution in [-0.4, -0.2) is 36.6 Å². The summed E-state index contributed by atoms with van der Waals surface area (Å²) in [6.07, 6.45) is 0. The zero-order chi connectivity index (χ0) is 16.7. The molecule has 0 aliphatic rings. The maximum Gasteiger partial charge on any atom is 0.252 e. The van der Waals surface area contributed by atoms with Gasteiger partial charge in [-0.05, 0) is 17.7 Å². The predicted molar refractivity (Wildman–Crippen MR) is 93.5 cm³/mol. The van der Waals surface area contributed by atoms with Crippen molar-refractivity contribution in [2.45, 2.75) is 11.4 Å². The Morgan fingerprint density at radius 3 is 2.35 bits per heavy atom. The van der Waals surface area contributed by atoms with E-state index < -0.39 is 0 Å². The van der Waals surface area contributed by atoms with Gasteiger partial charge in [-0.15, -0.1) is 11.8 Å². The summed E-state index contributed by atoms with van der Waals surface area (Å²) in [5.41, 5.74) is 1.65. The number of benzene rings is 2. The molecule has 0 aliphatic heterocycles. The number of thioether (sulfide) groups is 1. The maximum atomic E-state index is 12.4. The molecule has 0 fully saturated rings. The Labute approximate surface area is 140 Å². The van der Waals surface area contributed by atoms with E-state index in [1.807, 2.05) is 48.5 Å². The van der Waals surface area contributed by atoms with Gasteiger partial charge in [0.25, 0.3) is 5.91 Å². The van der Waals surface area contributed by atoms with Gasteiger partial charge >= 0.3 is 0 Å². The van der Waals surface area contributed by atoms with Crippen LogP contribution >= 0.6 is 11.8 Å². The van der Waals surface area contributed by atoms with Gasteiger partial charge < -0.3 is 10.2 Å². The third kappa shape index (κ3) is 5.14. The summed E-state index contributed by atoms with van der Waals surface area (Å²) in [6, 6.07) is 17.1. The van der Waals surface area contributed by atoms with Crippen molar-refractivity contribution in [1.82, 2.24) is 10.2 Å². The number of rotatable bonds is 6. The van der Waals surface area contributed by atoms with Gasteiger partial charge in [-0.1, -0.05) is 42.5 Å². The Hall–Kier alpha value is -2.27. The van der Waals surface area contributed by atoms with Gasteiger partial charge in [-0.25, -0.2) is 0 Å². The van der Waals surface area contributed by atoms with Crippen LogP contribution in [0.2, 0.25) is 0 Å². The normalized spacial score (nSPS) is 10.2. The smallest absolute Gasteiger partial charge is 0.252 e. The lowest BCUT2D eigenvalue weighted by molar-refractivity contribution is -0.125. The Morgan fingerprint density at radius 1 is 1.00 bits per heavy atom. The lowest BCUT2D eigenvalue weighted by Gasteiger charge is -2.12. The fourth-order valence-electron chi connectivity index (χ4n) is 1.92. The summed E-state index contributed by atoms with van der Waals surface area (Å²) in [6.45, 7) is 0.481. The van der Waals surface area contributed by atoms with Crippen LogP contribution < -0.4 is 5.32 Å². The quantitative estimate of drug-likeness (QED) is 0.830. The fourth-order valence-corrected chi connectivity index (χ4v) is 2.95. The number of nitrogens with one attached hydrogen (secondary N) is 1. The molecule has 0 spiro atoms. The molecule has 0 aliphatic carbocycles. The molecule has 120 valence electrons. The van der Waals surface area contributed by atoms with E-state index in [0.29, 0.717) is 17.9 Å². The minimum Gasteiger partial charge on any atom is -0.348 e. The summed E-state index contributed by atoms with van der Waals surface area (Å²) in [4.78, 5) is 26.5. The van der Waals surface area contributed by atoms with Gasteiger partial charge in [-0.3, -0.25) is 9.59 Å². The van der Waals surface area contributed by atoms with Gasteiger partial charge in [0.05, 0.1) is 11.3 Å². The first-order chi connectivity index (χ1) is 11.1. The average Bonchev–Trinajstić information content (AvgIpc) is 2.58. The van der Waals surface area contributed by atoms with Gasteiger partial charge in [0.1, 0.15) is 0 Å². The lowest BCUT2D eigenvalue weighted by atomic mass is 10.2. The Morgan fingerprint density at radius 2 is 1.65 bits per heavy atom. The molecule has 5 heteroatoms. The van der Waals surface area contributed by atoms with Crippen LogP contribution in [0.25, 0.3) is 0 Å². The number of nitrogens with zero attached hydrogens (tertiary/aromatic N) is 1. The number of carbonyl (C=O) groups excluding carboxylic acids is 2. The van der Waals surface area contributed by atoms with Gasteiger partial charge in [0.2, 0.25) is 5.91 Å². The molecule has 2 amide bonds. The van der Waals surface area contributed by atoms with Gasteiger partial charge in [0, 0.05) is 25.5 Å². The van der Waals surface area contributed by atoms with Gasteiger partial charge in [0.15, 0.2) is 0 Å². The largest absolute Gasteiger partial charge is 0.348 e. The Kier molecular flexibility index (Phi) is 6.23. The van der Waals surface area contributed by atoms with E-state index in [-0.39, 0.29) is 11.8 Å². The fraction of sp³-hybridized carbons (Fsp3) is 0.222. The summed E-state index contributed by atoms with van der Waals surface area (Å²) in [5, 5.41) is 2.92. The van der Waals surface area contributed by atoms with E-state index in [1.165, 1.54) is 11.8 Å². The van der Waals surface area contributed by atoms with E-state index in [0.717, 1.165) is 10.5 Å². The zero-order valence-electron chi connectivity index (χ0n) is 13.3. The molecule has 0 heterocycles. The highest BCUT2D eigenvalue weighted by Crippen LogP contribution is 2.22. The van der Waals surface area contributed by atoms with E-state index in [4.69, 9.17) is 0 Å². The average molecular weight is 328 g/mol. The summed E-state index contributed by atoms with van der Waals surface area (Å²) in [7, 11) is 3.45. The first-order valence-corrected chi connectivity index (χ1v) is 8.30. The molecule has 2 aromatic rings. The summed E-state index contributed by atoms with van der Waals surface area (Å²) >= 11 is 1.38. The SMILES string of the molecule is CN(C)C(=O)CSc1ccccc1C(=O)NCc1ccccc1. The zero-order valence-corrected chi connectivity index (χ0v) is 14.1. The van der Waals surface area contributed by atoms with Crippen molar-refractivity contribution in [3.8, 4) is 0 Å². The topological polar surface area (TPSA) is 49.4 Å². The van der Waals surface area contributed by atoms with Crippen molar-refractivity contribution in [2.75, 3.05) is 19.8 Å². The third-order valence-electron chi connectivity index (χ3n) is 3.28. The monoisotopic (exact) mass is 328 g/mol. The molecule has 1 N–H and O–H groups in total. The molecule has 0 unspecified atom stereocenters. The van der Waals surface area contributed by atoms with Crippen LogP contribution in [-0.2, 0) is 11.3 Å². The molecule has 0 bridgehead atoms. The number of hydrogen-bond donors (Lipinski definition) is 1. The molecule has 0 aromatic heterocycles. The molecule has 2 aromatic carbocycles. The second-order valence-corrected chi connectivity index (χ2v) is 6.26. The second-order valence-electron chi connectivity index (χ2n) is 5.24. The van der Waals surface area contributed by atoms with Crippen LogP contribution in [0, 0.1) is 0 Å². The summed E-state index contributed by atoms with van der Waals surface area (Å²) < 4.78 is 0. The van der Waals surface area contributed by atoms with Crippen molar-refractivity contribution in [3.63, 3.8) is 0 Å². The minimum atomic E-state index is -0.130. The van der Waals surface area contributed by atoms with Crippen molar-refractivity contribution >= 4 is 23.6 Å². The van der Waals surface area contributed by atoms with Crippen molar-refractivity contribution in [1.29, 1.82) is 0 Å². The molecule has 0 saturated carbocycles. The van der Waals surface area contributed by atoms with Crippen LogP contribution in [0.15, 0.2) is 59.5 Å². The molecule has 0 saturated heterocycles. The molecule has 2 rings (SSSR count). The van der Waals surface area contributed by atoms with Gasteiger partial charge in [-0.2, -0.15) is 0 Å². The number of amides is 2. The molecular weight excluding hydrogens is 308 g/mol. The standard InChI is InChI=1S/C18H20N2O2S/c1-20(2)17(21)13-23-16-11-7-6-10-15(16)18(22)19-12-14-8-4-3-5-9-14/h3-11H,12-13H2,1-2H3,(H,19,22). The third-order valence-corrected chi connectivity index (χ3v) is 4.34. The van der Waals surface area contributed by atoms with Crippen LogP contribution in [0.1, 0.15) is 15.9 Å². The van der Waals surface area contributed by atoms with Crippen LogP contribution in [0.4, 0.5) is 0 Å². The molecule has 0 radical (unpaired) electrons.